The number of nitrogens with two attached hydrogens (primary N) is 1. The number of H-pyrrole nitrogens is 1. The number of rotatable bonds is 1. The second kappa shape index (κ2) is 8.05. The Morgan fingerprint density at radius 2 is 2.22 bits per heavy atom. The van der Waals surface area contributed by atoms with E-state index in [1.807, 2.05) is 19.1 Å². The smallest absolute Gasteiger partial charge is 0.411 e. The van der Waals surface area contributed by atoms with Crippen molar-refractivity contribution in [1.29, 1.82) is 0 Å². The van der Waals surface area contributed by atoms with Crippen LogP contribution < -0.4 is 16.4 Å². The molecule has 0 saturated heterocycles. The van der Waals surface area contributed by atoms with Gasteiger partial charge in [0.05, 0.1) is 24.5 Å². The standard InChI is InChI=1S/C19H23N5O3/c1-11-4-3-5-14(20)18-21-10-16(24-18)13-7-6-12(22-19(26)27-2)9-15(13)23-17(25)8-11/h3-4,6-7,9-11,14H,5,8,20H2,1-2H3,(H,21,24)(H,22,26)(H,23,25)/b4-3-/t11-,14-/m0/s1. The van der Waals surface area contributed by atoms with Gasteiger partial charge in [-0.15, -0.1) is 0 Å². The summed E-state index contributed by atoms with van der Waals surface area (Å²) in [6, 6.07) is 4.93. The molecule has 0 aliphatic carbocycles. The molecule has 2 aromatic rings. The van der Waals surface area contributed by atoms with Gasteiger partial charge in [0.2, 0.25) is 5.91 Å². The van der Waals surface area contributed by atoms with Crippen molar-refractivity contribution < 1.29 is 14.3 Å². The van der Waals surface area contributed by atoms with Crippen LogP contribution in [0.3, 0.4) is 0 Å². The average Bonchev–Trinajstić information content (AvgIpc) is 3.11. The van der Waals surface area contributed by atoms with Crippen molar-refractivity contribution in [2.24, 2.45) is 11.7 Å². The number of carbonyl (C=O) groups is 2. The normalized spacial score (nSPS) is 20.9. The molecule has 0 unspecified atom stereocenters. The summed E-state index contributed by atoms with van der Waals surface area (Å²) in [5, 5.41) is 5.52. The second-order valence-electron chi connectivity index (χ2n) is 6.55. The third kappa shape index (κ3) is 4.53. The molecule has 0 fully saturated rings. The quantitative estimate of drug-likeness (QED) is 0.575. The Kier molecular flexibility index (Phi) is 5.56. The molecule has 2 bridgehead atoms. The van der Waals surface area contributed by atoms with Crippen LogP contribution in [0.15, 0.2) is 36.5 Å². The fraction of sp³-hybridized carbons (Fsp3) is 0.316. The van der Waals surface area contributed by atoms with E-state index in [4.69, 9.17) is 5.73 Å². The van der Waals surface area contributed by atoms with Gasteiger partial charge in [-0.25, -0.2) is 9.78 Å². The van der Waals surface area contributed by atoms with Crippen LogP contribution in [-0.4, -0.2) is 29.1 Å². The van der Waals surface area contributed by atoms with Crippen molar-refractivity contribution in [3.63, 3.8) is 0 Å². The molecule has 0 saturated carbocycles. The molecule has 5 N–H and O–H groups in total. The van der Waals surface area contributed by atoms with E-state index in [9.17, 15) is 9.59 Å². The number of benzene rings is 1. The van der Waals surface area contributed by atoms with Crippen LogP contribution in [0.5, 0.6) is 0 Å². The van der Waals surface area contributed by atoms with Gasteiger partial charge >= 0.3 is 6.09 Å². The van der Waals surface area contributed by atoms with Crippen molar-refractivity contribution >= 4 is 23.4 Å². The van der Waals surface area contributed by atoms with Gasteiger partial charge in [-0.3, -0.25) is 10.1 Å². The van der Waals surface area contributed by atoms with Crippen LogP contribution in [0, 0.1) is 5.92 Å². The van der Waals surface area contributed by atoms with E-state index < -0.39 is 6.09 Å². The van der Waals surface area contributed by atoms with Gasteiger partial charge in [0, 0.05) is 23.9 Å². The van der Waals surface area contributed by atoms with Crippen LogP contribution in [0.1, 0.15) is 31.6 Å². The van der Waals surface area contributed by atoms with Crippen molar-refractivity contribution in [1.82, 2.24) is 9.97 Å². The zero-order valence-electron chi connectivity index (χ0n) is 15.3. The van der Waals surface area contributed by atoms with Gasteiger partial charge < -0.3 is 20.8 Å². The minimum absolute atomic E-state index is 0.0732. The number of imidazole rings is 1. The predicted octanol–water partition coefficient (Wildman–Crippen LogP) is 3.18. The van der Waals surface area contributed by atoms with E-state index in [0.29, 0.717) is 35.7 Å². The lowest BCUT2D eigenvalue weighted by Crippen LogP contribution is -2.16. The molecule has 27 heavy (non-hydrogen) atoms. The molecule has 8 heteroatoms. The van der Waals surface area contributed by atoms with E-state index in [2.05, 4.69) is 25.3 Å². The molecule has 2 amide bonds. The first-order valence-electron chi connectivity index (χ1n) is 8.73. The van der Waals surface area contributed by atoms with E-state index in [1.165, 1.54) is 7.11 Å². The molecular weight excluding hydrogens is 346 g/mol. The zero-order chi connectivity index (χ0) is 19.4. The van der Waals surface area contributed by atoms with Crippen molar-refractivity contribution in [3.8, 4) is 11.3 Å². The summed E-state index contributed by atoms with van der Waals surface area (Å²) in [7, 11) is 1.29. The molecule has 1 aromatic heterocycles. The molecule has 8 nitrogen and oxygen atoms in total. The number of fused-ring (bicyclic) bond motifs is 4. The Bertz CT molecular complexity index is 874. The number of hydrogen-bond acceptors (Lipinski definition) is 5. The SMILES string of the molecule is COC(=O)Nc1ccc2c(c1)NC(=O)C[C@@H](C)/C=C\C[C@H](N)c1nc-2c[nH]1. The fourth-order valence-electron chi connectivity index (χ4n) is 2.91. The Labute approximate surface area is 157 Å². The number of amides is 2. The van der Waals surface area contributed by atoms with Crippen LogP contribution >= 0.6 is 0 Å². The van der Waals surface area contributed by atoms with Gasteiger partial charge in [0.25, 0.3) is 0 Å². The number of aromatic nitrogens is 2. The first-order chi connectivity index (χ1) is 13.0. The van der Waals surface area contributed by atoms with E-state index in [1.54, 1.807) is 24.4 Å². The van der Waals surface area contributed by atoms with Crippen molar-refractivity contribution in [3.05, 3.63) is 42.4 Å². The zero-order valence-corrected chi connectivity index (χ0v) is 15.3. The predicted molar refractivity (Wildman–Crippen MR) is 103 cm³/mol. The molecule has 2 atom stereocenters. The highest BCUT2D eigenvalue weighted by Crippen LogP contribution is 2.31. The first kappa shape index (κ1) is 18.7. The number of nitrogens with one attached hydrogen (secondary N) is 3. The van der Waals surface area contributed by atoms with Crippen molar-refractivity contribution in [2.75, 3.05) is 17.7 Å². The number of hydrogen-bond donors (Lipinski definition) is 4. The Balaban J connectivity index is 2.02. The number of ether oxygens (including phenoxy) is 1. The summed E-state index contributed by atoms with van der Waals surface area (Å²) in [4.78, 5) is 31.6. The third-order valence-electron chi connectivity index (χ3n) is 4.31. The maximum absolute atomic E-state index is 12.5. The lowest BCUT2D eigenvalue weighted by molar-refractivity contribution is -0.116. The number of methoxy groups -OCH3 is 1. The lowest BCUT2D eigenvalue weighted by Gasteiger charge is -2.13. The first-order valence-corrected chi connectivity index (χ1v) is 8.73. The molecule has 1 aromatic carbocycles. The largest absolute Gasteiger partial charge is 0.453 e. The van der Waals surface area contributed by atoms with Crippen LogP contribution in [0.4, 0.5) is 16.2 Å². The maximum atomic E-state index is 12.5. The van der Waals surface area contributed by atoms with E-state index >= 15 is 0 Å². The monoisotopic (exact) mass is 369 g/mol. The number of anilines is 2. The maximum Gasteiger partial charge on any atom is 0.411 e. The van der Waals surface area contributed by atoms with Crippen LogP contribution in [0.25, 0.3) is 11.3 Å². The number of allylic oxidation sites excluding steroid dienone is 1. The summed E-state index contributed by atoms with van der Waals surface area (Å²) < 4.78 is 4.62. The minimum atomic E-state index is -0.585. The molecule has 142 valence electrons. The summed E-state index contributed by atoms with van der Waals surface area (Å²) in [5.74, 6) is 0.627. The van der Waals surface area contributed by atoms with Gasteiger partial charge in [-0.05, 0) is 30.5 Å². The topological polar surface area (TPSA) is 122 Å². The molecule has 1 aliphatic rings. The number of carbonyl (C=O) groups excluding carboxylic acids is 2. The van der Waals surface area contributed by atoms with Crippen LogP contribution in [0.2, 0.25) is 0 Å². The van der Waals surface area contributed by atoms with Gasteiger partial charge in [-0.1, -0.05) is 19.1 Å². The molecule has 1 aliphatic heterocycles. The molecule has 3 rings (SSSR count). The highest BCUT2D eigenvalue weighted by molar-refractivity contribution is 5.97. The molecule has 0 radical (unpaired) electrons. The van der Waals surface area contributed by atoms with Crippen molar-refractivity contribution in [2.45, 2.75) is 25.8 Å². The Morgan fingerprint density at radius 3 is 3.00 bits per heavy atom. The lowest BCUT2D eigenvalue weighted by atomic mass is 10.0. The van der Waals surface area contributed by atoms with E-state index in [-0.39, 0.29) is 17.9 Å². The summed E-state index contributed by atoms with van der Waals surface area (Å²) in [6.45, 7) is 1.97. The minimum Gasteiger partial charge on any atom is -0.453 e. The third-order valence-corrected chi connectivity index (χ3v) is 4.31. The highest BCUT2D eigenvalue weighted by atomic mass is 16.5. The number of aromatic amines is 1. The summed E-state index contributed by atoms with van der Waals surface area (Å²) >= 11 is 0. The molecular formula is C19H23N5O3. The summed E-state index contributed by atoms with van der Waals surface area (Å²) in [5.41, 5.74) is 8.65. The van der Waals surface area contributed by atoms with Crippen LogP contribution in [-0.2, 0) is 9.53 Å². The Hall–Kier alpha value is -3.13. The molecule has 2 heterocycles. The van der Waals surface area contributed by atoms with Gasteiger partial charge in [0.1, 0.15) is 5.82 Å². The number of nitrogens with zero attached hydrogens (tertiary/aromatic N) is 1. The average molecular weight is 369 g/mol. The highest BCUT2D eigenvalue weighted by Gasteiger charge is 2.17. The van der Waals surface area contributed by atoms with Gasteiger partial charge in [0.15, 0.2) is 0 Å². The second-order valence-corrected chi connectivity index (χ2v) is 6.55. The summed E-state index contributed by atoms with van der Waals surface area (Å²) in [6.07, 6.45) is 6.10. The Morgan fingerprint density at radius 1 is 1.41 bits per heavy atom. The fourth-order valence-corrected chi connectivity index (χ4v) is 2.91. The van der Waals surface area contributed by atoms with Gasteiger partial charge in [-0.2, -0.15) is 0 Å². The molecule has 0 spiro atoms. The van der Waals surface area contributed by atoms with E-state index in [0.717, 1.165) is 5.56 Å².